The fourth-order valence-electron chi connectivity index (χ4n) is 2.13. The molecule has 0 aliphatic carbocycles. The van der Waals surface area contributed by atoms with Gasteiger partial charge in [-0.25, -0.2) is 4.68 Å². The number of benzene rings is 1. The lowest BCUT2D eigenvalue weighted by Crippen LogP contribution is -2.12. The fourth-order valence-corrected chi connectivity index (χ4v) is 2.13. The normalized spacial score (nSPS) is 10.7. The number of carbonyl (C=O) groups is 1. The summed E-state index contributed by atoms with van der Waals surface area (Å²) in [4.78, 5) is 12.4. The van der Waals surface area contributed by atoms with Crippen molar-refractivity contribution in [2.75, 3.05) is 0 Å². The van der Waals surface area contributed by atoms with Crippen molar-refractivity contribution in [3.8, 4) is 6.07 Å². The first-order chi connectivity index (χ1) is 11.3. The number of carbonyl (C=O) groups excluding carboxylic acids is 1. The smallest absolute Gasteiger partial charge is 0.278 e. The molecule has 0 saturated heterocycles. The van der Waals surface area contributed by atoms with Gasteiger partial charge in [-0.1, -0.05) is 12.1 Å². The van der Waals surface area contributed by atoms with Crippen LogP contribution in [0.25, 0.3) is 12.2 Å². The van der Waals surface area contributed by atoms with Crippen molar-refractivity contribution < 1.29 is 9.21 Å². The van der Waals surface area contributed by atoms with E-state index in [1.165, 1.54) is 4.68 Å². The molecule has 5 heteroatoms. The van der Waals surface area contributed by atoms with E-state index in [9.17, 15) is 4.79 Å². The van der Waals surface area contributed by atoms with Gasteiger partial charge in [-0.2, -0.15) is 10.4 Å². The van der Waals surface area contributed by atoms with Crippen LogP contribution >= 0.6 is 0 Å². The van der Waals surface area contributed by atoms with Crippen molar-refractivity contribution in [2.45, 2.75) is 6.42 Å². The lowest BCUT2D eigenvalue weighted by atomic mass is 10.1. The molecule has 0 aliphatic rings. The first-order valence-corrected chi connectivity index (χ1v) is 7.04. The van der Waals surface area contributed by atoms with Gasteiger partial charge < -0.3 is 4.42 Å². The Balaban J connectivity index is 1.78. The maximum atomic E-state index is 12.4. The van der Waals surface area contributed by atoms with Gasteiger partial charge in [-0.05, 0) is 48.0 Å². The summed E-state index contributed by atoms with van der Waals surface area (Å²) in [7, 11) is 0. The summed E-state index contributed by atoms with van der Waals surface area (Å²) < 4.78 is 6.49. The number of nitriles is 1. The predicted octanol–water partition coefficient (Wildman–Crippen LogP) is 3.40. The minimum Gasteiger partial charge on any atom is -0.465 e. The van der Waals surface area contributed by atoms with Crippen molar-refractivity contribution >= 4 is 18.1 Å². The summed E-state index contributed by atoms with van der Waals surface area (Å²) in [5, 5.41) is 13.0. The van der Waals surface area contributed by atoms with Crippen LogP contribution in [0.3, 0.4) is 0 Å². The minimum atomic E-state index is -0.234. The monoisotopic (exact) mass is 303 g/mol. The highest BCUT2D eigenvalue weighted by molar-refractivity contribution is 5.95. The molecule has 23 heavy (non-hydrogen) atoms. The van der Waals surface area contributed by atoms with Crippen LogP contribution in [0.15, 0.2) is 59.3 Å². The maximum absolute atomic E-state index is 12.4. The Morgan fingerprint density at radius 3 is 2.96 bits per heavy atom. The zero-order valence-electron chi connectivity index (χ0n) is 12.2. The van der Waals surface area contributed by atoms with Gasteiger partial charge in [0.05, 0.1) is 24.4 Å². The van der Waals surface area contributed by atoms with Crippen LogP contribution in [-0.4, -0.2) is 15.7 Å². The van der Waals surface area contributed by atoms with E-state index in [-0.39, 0.29) is 12.3 Å². The molecule has 2 heterocycles. The zero-order chi connectivity index (χ0) is 16.1. The largest absolute Gasteiger partial charge is 0.465 e. The van der Waals surface area contributed by atoms with E-state index in [4.69, 9.17) is 9.68 Å². The Morgan fingerprint density at radius 2 is 2.17 bits per heavy atom. The molecule has 0 fully saturated rings. The minimum absolute atomic E-state index is 0.234. The van der Waals surface area contributed by atoms with E-state index in [1.54, 1.807) is 54.9 Å². The molecule has 3 rings (SSSR count). The van der Waals surface area contributed by atoms with Gasteiger partial charge >= 0.3 is 0 Å². The molecule has 112 valence electrons. The van der Waals surface area contributed by atoms with E-state index in [0.29, 0.717) is 11.3 Å². The maximum Gasteiger partial charge on any atom is 0.278 e. The first-order valence-electron chi connectivity index (χ1n) is 7.04. The fraction of sp³-hybridized carbons (Fsp3) is 0.0556. The molecule has 0 radical (unpaired) electrons. The highest BCUT2D eigenvalue weighted by atomic mass is 16.3. The predicted molar refractivity (Wildman–Crippen MR) is 85.4 cm³/mol. The number of furan rings is 1. The Morgan fingerprint density at radius 1 is 1.26 bits per heavy atom. The Labute approximate surface area is 133 Å². The van der Waals surface area contributed by atoms with Crippen LogP contribution in [0.4, 0.5) is 0 Å². The van der Waals surface area contributed by atoms with Crippen LogP contribution in [0, 0.1) is 11.3 Å². The molecule has 0 bridgehead atoms. The second kappa shape index (κ2) is 6.58. The van der Waals surface area contributed by atoms with E-state index >= 15 is 0 Å². The van der Waals surface area contributed by atoms with Gasteiger partial charge in [-0.15, -0.1) is 0 Å². The average Bonchev–Trinajstić information content (AvgIpc) is 3.24. The second-order valence-electron chi connectivity index (χ2n) is 4.87. The van der Waals surface area contributed by atoms with E-state index in [0.717, 1.165) is 11.3 Å². The van der Waals surface area contributed by atoms with Crippen LogP contribution in [0.5, 0.6) is 0 Å². The number of aromatic nitrogens is 2. The number of hydrogen-bond donors (Lipinski definition) is 0. The standard InChI is InChI=1S/C18H13N3O2/c19-10-8-14-3-1-4-15(13-14)18(22)21-11-9-16(20-21)6-7-17-5-2-12-23-17/h1-7,9,11-13H,8H2/b7-6+. The molecule has 0 amide bonds. The molecule has 0 aliphatic heterocycles. The van der Waals surface area contributed by atoms with E-state index in [2.05, 4.69) is 11.2 Å². The van der Waals surface area contributed by atoms with Crippen molar-refractivity contribution in [1.82, 2.24) is 9.78 Å². The lowest BCUT2D eigenvalue weighted by Gasteiger charge is -2.02. The van der Waals surface area contributed by atoms with Gasteiger partial charge in [0.15, 0.2) is 0 Å². The van der Waals surface area contributed by atoms with Gasteiger partial charge in [0.2, 0.25) is 0 Å². The van der Waals surface area contributed by atoms with Crippen LogP contribution in [-0.2, 0) is 6.42 Å². The lowest BCUT2D eigenvalue weighted by molar-refractivity contribution is 0.0945. The van der Waals surface area contributed by atoms with Crippen LogP contribution < -0.4 is 0 Å². The third kappa shape index (κ3) is 3.44. The van der Waals surface area contributed by atoms with E-state index < -0.39 is 0 Å². The topological polar surface area (TPSA) is 71.8 Å². The van der Waals surface area contributed by atoms with Crippen molar-refractivity contribution in [3.63, 3.8) is 0 Å². The molecule has 3 aromatic rings. The summed E-state index contributed by atoms with van der Waals surface area (Å²) in [6.45, 7) is 0. The molecule has 1 aromatic carbocycles. The third-order valence-electron chi connectivity index (χ3n) is 3.24. The summed E-state index contributed by atoms with van der Waals surface area (Å²) in [5.74, 6) is 0.484. The molecular weight excluding hydrogens is 290 g/mol. The molecule has 2 aromatic heterocycles. The summed E-state index contributed by atoms with van der Waals surface area (Å²) in [6.07, 6.45) is 7.04. The van der Waals surface area contributed by atoms with Crippen LogP contribution in [0.1, 0.15) is 27.4 Å². The molecule has 5 nitrogen and oxygen atoms in total. The summed E-state index contributed by atoms with van der Waals surface area (Å²) in [5.41, 5.74) is 1.97. The Kier molecular flexibility index (Phi) is 4.16. The quantitative estimate of drug-likeness (QED) is 0.740. The summed E-state index contributed by atoms with van der Waals surface area (Å²) in [6, 6.07) is 14.5. The Bertz CT molecular complexity index is 883. The van der Waals surface area contributed by atoms with Gasteiger partial charge in [0, 0.05) is 11.8 Å². The molecular formula is C18H13N3O2. The van der Waals surface area contributed by atoms with Gasteiger partial charge in [0.1, 0.15) is 5.76 Å². The first kappa shape index (κ1) is 14.5. The highest BCUT2D eigenvalue weighted by Crippen LogP contribution is 2.10. The van der Waals surface area contributed by atoms with E-state index in [1.807, 2.05) is 12.1 Å². The number of hydrogen-bond acceptors (Lipinski definition) is 4. The van der Waals surface area contributed by atoms with Gasteiger partial charge in [0.25, 0.3) is 5.91 Å². The summed E-state index contributed by atoms with van der Waals surface area (Å²) >= 11 is 0. The highest BCUT2D eigenvalue weighted by Gasteiger charge is 2.10. The van der Waals surface area contributed by atoms with Gasteiger partial charge in [-0.3, -0.25) is 4.79 Å². The Hall–Kier alpha value is -3.39. The SMILES string of the molecule is N#CCc1cccc(C(=O)n2ccc(/C=C/c3ccco3)n2)c1. The molecule has 0 N–H and O–H groups in total. The van der Waals surface area contributed by atoms with Crippen molar-refractivity contribution in [3.05, 3.63) is 77.5 Å². The average molecular weight is 303 g/mol. The number of rotatable bonds is 4. The second-order valence-corrected chi connectivity index (χ2v) is 4.87. The van der Waals surface area contributed by atoms with Crippen molar-refractivity contribution in [2.24, 2.45) is 0 Å². The molecule has 0 spiro atoms. The van der Waals surface area contributed by atoms with Crippen molar-refractivity contribution in [1.29, 1.82) is 5.26 Å². The molecule has 0 atom stereocenters. The number of nitrogens with zero attached hydrogens (tertiary/aromatic N) is 3. The molecule has 0 unspecified atom stereocenters. The van der Waals surface area contributed by atoms with Crippen LogP contribution in [0.2, 0.25) is 0 Å². The molecule has 0 saturated carbocycles. The zero-order valence-corrected chi connectivity index (χ0v) is 12.2. The third-order valence-corrected chi connectivity index (χ3v) is 3.24.